The molecule has 2 nitrogen and oxygen atoms in total. The zero-order chi connectivity index (χ0) is 15.5. The van der Waals surface area contributed by atoms with Gasteiger partial charge >= 0.3 is 0 Å². The maximum absolute atomic E-state index is 12.6. The van der Waals surface area contributed by atoms with Crippen molar-refractivity contribution in [3.05, 3.63) is 66.2 Å². The van der Waals surface area contributed by atoms with Crippen LogP contribution in [0.1, 0.15) is 24.8 Å². The van der Waals surface area contributed by atoms with Gasteiger partial charge in [-0.1, -0.05) is 34.2 Å². The first kappa shape index (κ1) is 15.8. The second-order valence-corrected chi connectivity index (χ2v) is 6.31. The number of amides is 1. The van der Waals surface area contributed by atoms with Crippen LogP contribution < -0.4 is 4.90 Å². The van der Waals surface area contributed by atoms with Crippen LogP contribution in [0.15, 0.2) is 60.6 Å². The fraction of sp³-hybridized carbons (Fsp3) is 0.278. The molecule has 0 N–H and O–H groups in total. The Bertz CT molecular complexity index is 581. The number of carbonyl (C=O) groups is 1. The van der Waals surface area contributed by atoms with E-state index in [1.165, 1.54) is 5.56 Å². The molecule has 110 valence electrons. The fourth-order valence-corrected chi connectivity index (χ4v) is 3.47. The van der Waals surface area contributed by atoms with E-state index in [1.807, 2.05) is 24.3 Å². The average molecular weight is 346 g/mol. The summed E-state index contributed by atoms with van der Waals surface area (Å²) in [6, 6.07) is 6.09. The molecule has 0 radical (unpaired) electrons. The van der Waals surface area contributed by atoms with Crippen LogP contribution in [0.4, 0.5) is 5.69 Å². The van der Waals surface area contributed by atoms with E-state index in [0.29, 0.717) is 13.0 Å². The topological polar surface area (TPSA) is 20.3 Å². The molecule has 1 amide bonds. The number of fused-ring (bicyclic) bond motifs is 1. The minimum Gasteiger partial charge on any atom is -0.308 e. The van der Waals surface area contributed by atoms with Crippen molar-refractivity contribution in [1.29, 1.82) is 0 Å². The number of rotatable bonds is 6. The molecule has 0 aromatic heterocycles. The molecule has 2 rings (SSSR count). The smallest absolute Gasteiger partial charge is 0.228 e. The van der Waals surface area contributed by atoms with Gasteiger partial charge in [0.05, 0.1) is 0 Å². The number of hydrogen-bond acceptors (Lipinski definition) is 1. The van der Waals surface area contributed by atoms with Crippen molar-refractivity contribution < 1.29 is 4.79 Å². The second kappa shape index (κ2) is 6.44. The normalized spacial score (nSPS) is 16.2. The van der Waals surface area contributed by atoms with Gasteiger partial charge < -0.3 is 4.90 Å². The number of carbonyl (C=O) groups excluding carboxylic acids is 1. The molecule has 1 aromatic rings. The van der Waals surface area contributed by atoms with Crippen LogP contribution in [0.2, 0.25) is 0 Å². The largest absolute Gasteiger partial charge is 0.308 e. The molecular weight excluding hydrogens is 326 g/mol. The van der Waals surface area contributed by atoms with Crippen molar-refractivity contribution in [2.45, 2.75) is 24.7 Å². The first-order valence-corrected chi connectivity index (χ1v) is 7.80. The van der Waals surface area contributed by atoms with Crippen molar-refractivity contribution in [3.63, 3.8) is 0 Å². The molecule has 0 spiro atoms. The highest BCUT2D eigenvalue weighted by Gasteiger charge is 2.41. The van der Waals surface area contributed by atoms with Crippen LogP contribution in [-0.2, 0) is 10.2 Å². The second-order valence-electron chi connectivity index (χ2n) is 5.40. The Balaban J connectivity index is 2.64. The van der Waals surface area contributed by atoms with Gasteiger partial charge in [0.2, 0.25) is 5.91 Å². The highest BCUT2D eigenvalue weighted by Crippen LogP contribution is 2.46. The van der Waals surface area contributed by atoms with Gasteiger partial charge in [-0.3, -0.25) is 4.79 Å². The highest BCUT2D eigenvalue weighted by atomic mass is 79.9. The van der Waals surface area contributed by atoms with E-state index in [2.05, 4.69) is 41.7 Å². The van der Waals surface area contributed by atoms with Gasteiger partial charge in [-0.2, -0.15) is 0 Å². The van der Waals surface area contributed by atoms with Gasteiger partial charge in [-0.15, -0.1) is 19.7 Å². The predicted octanol–water partition coefficient (Wildman–Crippen LogP) is 4.76. The molecule has 1 aromatic carbocycles. The summed E-state index contributed by atoms with van der Waals surface area (Å²) in [5, 5.41) is 0. The third-order valence-corrected chi connectivity index (χ3v) is 4.49. The molecule has 0 saturated heterocycles. The lowest BCUT2D eigenvalue weighted by atomic mass is 9.69. The molecule has 0 unspecified atom stereocenters. The van der Waals surface area contributed by atoms with Gasteiger partial charge in [0, 0.05) is 28.5 Å². The van der Waals surface area contributed by atoms with Gasteiger partial charge in [-0.25, -0.2) is 0 Å². The molecule has 3 heteroatoms. The van der Waals surface area contributed by atoms with E-state index in [4.69, 9.17) is 0 Å². The van der Waals surface area contributed by atoms with E-state index in [-0.39, 0.29) is 11.3 Å². The molecule has 0 atom stereocenters. The fourth-order valence-electron chi connectivity index (χ4n) is 3.11. The van der Waals surface area contributed by atoms with Crippen LogP contribution in [-0.4, -0.2) is 12.5 Å². The summed E-state index contributed by atoms with van der Waals surface area (Å²) < 4.78 is 1.02. The minimum atomic E-state index is -0.239. The van der Waals surface area contributed by atoms with Gasteiger partial charge in [0.15, 0.2) is 0 Å². The summed E-state index contributed by atoms with van der Waals surface area (Å²) in [6.45, 7) is 12.0. The number of halogens is 1. The van der Waals surface area contributed by atoms with Crippen LogP contribution >= 0.6 is 15.9 Å². The SMILES string of the molecule is C=CCN1C(=O)CC(CC=C)(CC=C)c2cc(Br)ccc21. The van der Waals surface area contributed by atoms with Gasteiger partial charge in [0.1, 0.15) is 0 Å². The zero-order valence-corrected chi connectivity index (χ0v) is 13.7. The summed E-state index contributed by atoms with van der Waals surface area (Å²) in [5.41, 5.74) is 1.91. The maximum atomic E-state index is 12.6. The summed E-state index contributed by atoms with van der Waals surface area (Å²) in [7, 11) is 0. The predicted molar refractivity (Wildman–Crippen MR) is 92.6 cm³/mol. The van der Waals surface area contributed by atoms with Crippen LogP contribution in [0, 0.1) is 0 Å². The lowest BCUT2D eigenvalue weighted by Gasteiger charge is -2.42. The number of hydrogen-bond donors (Lipinski definition) is 0. The molecule has 0 aliphatic carbocycles. The lowest BCUT2D eigenvalue weighted by molar-refractivity contribution is -0.120. The van der Waals surface area contributed by atoms with Crippen LogP contribution in [0.25, 0.3) is 0 Å². The van der Waals surface area contributed by atoms with Crippen molar-refractivity contribution in [2.75, 3.05) is 11.4 Å². The summed E-state index contributed by atoms with van der Waals surface area (Å²) in [6.07, 6.45) is 7.54. The first-order valence-electron chi connectivity index (χ1n) is 7.01. The number of anilines is 1. The quantitative estimate of drug-likeness (QED) is 0.680. The first-order chi connectivity index (χ1) is 10.1. The standard InChI is InChI=1S/C18H20BrNO/c1-4-9-18(10-5-2)13-17(21)20(11-6-3)16-8-7-14(19)12-15(16)18/h4-8,12H,1-3,9-11,13H2. The molecule has 0 fully saturated rings. The zero-order valence-electron chi connectivity index (χ0n) is 12.1. The van der Waals surface area contributed by atoms with E-state index in [1.54, 1.807) is 11.0 Å². The lowest BCUT2D eigenvalue weighted by Crippen LogP contribution is -2.44. The Morgan fingerprint density at radius 3 is 2.43 bits per heavy atom. The Kier molecular flexibility index (Phi) is 4.84. The maximum Gasteiger partial charge on any atom is 0.228 e. The molecular formula is C18H20BrNO. The Morgan fingerprint density at radius 2 is 1.86 bits per heavy atom. The molecule has 0 bridgehead atoms. The summed E-state index contributed by atoms with van der Waals surface area (Å²) >= 11 is 3.54. The average Bonchev–Trinajstić information content (AvgIpc) is 2.44. The van der Waals surface area contributed by atoms with Gasteiger partial charge in [-0.05, 0) is 36.6 Å². The van der Waals surface area contributed by atoms with Crippen molar-refractivity contribution in [2.24, 2.45) is 0 Å². The summed E-state index contributed by atoms with van der Waals surface area (Å²) in [5.74, 6) is 0.133. The third kappa shape index (κ3) is 2.88. The van der Waals surface area contributed by atoms with Crippen LogP contribution in [0.5, 0.6) is 0 Å². The Morgan fingerprint density at radius 1 is 1.19 bits per heavy atom. The molecule has 1 aliphatic rings. The summed E-state index contributed by atoms with van der Waals surface area (Å²) in [4.78, 5) is 14.4. The Labute approximate surface area is 135 Å². The minimum absolute atomic E-state index is 0.133. The van der Waals surface area contributed by atoms with E-state index in [0.717, 1.165) is 23.0 Å². The van der Waals surface area contributed by atoms with Crippen LogP contribution in [0.3, 0.4) is 0 Å². The number of benzene rings is 1. The molecule has 0 saturated carbocycles. The van der Waals surface area contributed by atoms with Crippen molar-refractivity contribution in [3.8, 4) is 0 Å². The van der Waals surface area contributed by atoms with E-state index < -0.39 is 0 Å². The van der Waals surface area contributed by atoms with Gasteiger partial charge in [0.25, 0.3) is 0 Å². The Hall–Kier alpha value is -1.61. The highest BCUT2D eigenvalue weighted by molar-refractivity contribution is 9.10. The third-order valence-electron chi connectivity index (χ3n) is 3.99. The molecule has 21 heavy (non-hydrogen) atoms. The van der Waals surface area contributed by atoms with Crippen molar-refractivity contribution >= 4 is 27.5 Å². The van der Waals surface area contributed by atoms with E-state index >= 15 is 0 Å². The number of allylic oxidation sites excluding steroid dienone is 2. The molecule has 1 heterocycles. The van der Waals surface area contributed by atoms with E-state index in [9.17, 15) is 4.79 Å². The van der Waals surface area contributed by atoms with Crippen molar-refractivity contribution in [1.82, 2.24) is 0 Å². The number of nitrogens with zero attached hydrogens (tertiary/aromatic N) is 1. The monoisotopic (exact) mass is 345 g/mol. The molecule has 1 aliphatic heterocycles.